The van der Waals surface area contributed by atoms with Crippen LogP contribution < -0.4 is 0 Å². The molecule has 1 aromatic carbocycles. The molecule has 0 fully saturated rings. The third-order valence-corrected chi connectivity index (χ3v) is 7.31. The molecule has 3 aliphatic rings. The molecule has 4 rings (SSSR count). The summed E-state index contributed by atoms with van der Waals surface area (Å²) in [7, 11) is 4.43. The summed E-state index contributed by atoms with van der Waals surface area (Å²) in [5.74, 6) is -5.63. The number of rotatable bonds is 3. The van der Waals surface area contributed by atoms with Gasteiger partial charge >= 0.3 is 0 Å². The molecule has 0 bridgehead atoms. The number of Topliss-reactive ketones (excluding diaryl/α,β-unsaturated/α-hetero) is 3. The van der Waals surface area contributed by atoms with Crippen LogP contribution in [-0.2, 0) is 19.9 Å². The third-order valence-electron chi connectivity index (χ3n) is 7.31. The van der Waals surface area contributed by atoms with Crippen molar-refractivity contribution in [3.05, 3.63) is 52.0 Å². The molecule has 0 amide bonds. The Morgan fingerprint density at radius 3 is 2.36 bits per heavy atom. The summed E-state index contributed by atoms with van der Waals surface area (Å²) in [6, 6.07) is 3.40. The fraction of sp³-hybridized carbons (Fsp3) is 0.458. The molecule has 9 nitrogen and oxygen atoms in total. The van der Waals surface area contributed by atoms with Crippen molar-refractivity contribution in [2.24, 2.45) is 11.8 Å². The Bertz CT molecular complexity index is 1160. The highest BCUT2D eigenvalue weighted by Crippen LogP contribution is 2.57. The molecule has 5 atom stereocenters. The Morgan fingerprint density at radius 1 is 1.18 bits per heavy atom. The number of fused-ring (bicyclic) bond motifs is 3. The van der Waals surface area contributed by atoms with Crippen molar-refractivity contribution >= 4 is 17.3 Å². The molecular weight excluding hydrogens is 430 g/mol. The van der Waals surface area contributed by atoms with E-state index in [9.17, 15) is 34.8 Å². The maximum Gasteiger partial charge on any atom is 0.209 e. The Morgan fingerprint density at radius 2 is 1.82 bits per heavy atom. The van der Waals surface area contributed by atoms with Gasteiger partial charge in [-0.05, 0) is 46.0 Å². The van der Waals surface area contributed by atoms with E-state index >= 15 is 0 Å². The van der Waals surface area contributed by atoms with Gasteiger partial charge in [0.15, 0.2) is 17.2 Å². The SMILES string of the molecule is COC1=C2C(=O)c3c(O)cccc3C(C)(O)C2CC2C(N(C)C)C(O)=C(C(C)=O)C(=O)C12O. The van der Waals surface area contributed by atoms with Crippen LogP contribution in [0.4, 0.5) is 0 Å². The van der Waals surface area contributed by atoms with E-state index in [1.807, 2.05) is 0 Å². The number of nitrogens with zero attached hydrogens (tertiary/aromatic N) is 1. The summed E-state index contributed by atoms with van der Waals surface area (Å²) in [6.45, 7) is 2.60. The standard InChI is InChI=1S/C24H27NO8/c1-10(26)15-20(29)18(25(3)4)13-9-12-17(22(33-5)24(13,32)21(15)30)19(28)16-11(23(12,2)31)7-6-8-14(16)27/h6-8,12-13,18,27,29,31-32H,9H2,1-5H3. The Kier molecular flexibility index (Phi) is 5.08. The summed E-state index contributed by atoms with van der Waals surface area (Å²) in [5.41, 5.74) is -4.71. The van der Waals surface area contributed by atoms with Crippen molar-refractivity contribution in [2.45, 2.75) is 37.5 Å². The summed E-state index contributed by atoms with van der Waals surface area (Å²) in [5, 5.41) is 44.7. The molecule has 0 heterocycles. The number of phenolic OH excluding ortho intramolecular Hbond substituents is 1. The number of ether oxygens (including phenoxy) is 1. The molecule has 0 spiro atoms. The number of hydrogen-bond acceptors (Lipinski definition) is 9. The van der Waals surface area contributed by atoms with Crippen molar-refractivity contribution < 1.29 is 39.5 Å². The van der Waals surface area contributed by atoms with Gasteiger partial charge in [0.2, 0.25) is 5.78 Å². The van der Waals surface area contributed by atoms with E-state index in [0.717, 1.165) is 6.92 Å². The van der Waals surface area contributed by atoms with Gasteiger partial charge in [-0.3, -0.25) is 19.3 Å². The van der Waals surface area contributed by atoms with Crippen LogP contribution >= 0.6 is 0 Å². The van der Waals surface area contributed by atoms with Crippen LogP contribution in [-0.4, -0.2) is 75.5 Å². The minimum atomic E-state index is -2.43. The van der Waals surface area contributed by atoms with Gasteiger partial charge in [0.1, 0.15) is 22.8 Å². The van der Waals surface area contributed by atoms with Gasteiger partial charge in [-0.2, -0.15) is 0 Å². The number of aliphatic hydroxyl groups is 3. The Balaban J connectivity index is 2.08. The van der Waals surface area contributed by atoms with Crippen molar-refractivity contribution in [1.29, 1.82) is 0 Å². The van der Waals surface area contributed by atoms with Gasteiger partial charge in [0.05, 0.1) is 24.3 Å². The molecule has 3 aliphatic carbocycles. The summed E-state index contributed by atoms with van der Waals surface area (Å²) in [4.78, 5) is 40.9. The van der Waals surface area contributed by atoms with E-state index in [1.54, 1.807) is 19.0 Å². The molecule has 33 heavy (non-hydrogen) atoms. The molecule has 0 aromatic heterocycles. The minimum absolute atomic E-state index is 0.0731. The van der Waals surface area contributed by atoms with Crippen LogP contribution in [0.15, 0.2) is 40.9 Å². The summed E-state index contributed by atoms with van der Waals surface area (Å²) in [6.07, 6.45) is -0.0731. The van der Waals surface area contributed by atoms with Gasteiger partial charge in [-0.1, -0.05) is 12.1 Å². The average molecular weight is 457 g/mol. The normalized spacial score (nSPS) is 33.6. The molecule has 0 saturated heterocycles. The van der Waals surface area contributed by atoms with E-state index in [0.29, 0.717) is 0 Å². The van der Waals surface area contributed by atoms with E-state index in [4.69, 9.17) is 4.74 Å². The number of phenols is 1. The second kappa shape index (κ2) is 7.24. The van der Waals surface area contributed by atoms with Crippen LogP contribution in [0.1, 0.15) is 36.2 Å². The van der Waals surface area contributed by atoms with Crippen LogP contribution in [0.3, 0.4) is 0 Å². The number of benzene rings is 1. The van der Waals surface area contributed by atoms with Crippen LogP contribution in [0, 0.1) is 11.8 Å². The van der Waals surface area contributed by atoms with E-state index in [2.05, 4.69) is 0 Å². The number of carbonyl (C=O) groups is 3. The molecule has 4 N–H and O–H groups in total. The van der Waals surface area contributed by atoms with Crippen molar-refractivity contribution in [2.75, 3.05) is 21.2 Å². The van der Waals surface area contributed by atoms with Gasteiger partial charge < -0.3 is 25.2 Å². The average Bonchev–Trinajstić information content (AvgIpc) is 2.71. The zero-order chi connectivity index (χ0) is 24.6. The lowest BCUT2D eigenvalue weighted by molar-refractivity contribution is -0.153. The number of likely N-dealkylation sites (N-methyl/N-ethyl adjacent to an activating group) is 1. The largest absolute Gasteiger partial charge is 0.510 e. The fourth-order valence-corrected chi connectivity index (χ4v) is 5.85. The predicted octanol–water partition coefficient (Wildman–Crippen LogP) is 0.978. The molecule has 0 radical (unpaired) electrons. The second-order valence-corrected chi connectivity index (χ2v) is 9.34. The molecule has 176 valence electrons. The number of methoxy groups -OCH3 is 1. The first-order valence-corrected chi connectivity index (χ1v) is 10.6. The van der Waals surface area contributed by atoms with Crippen LogP contribution in [0.5, 0.6) is 5.75 Å². The van der Waals surface area contributed by atoms with E-state index in [-0.39, 0.29) is 34.6 Å². The number of ketones is 3. The maximum absolute atomic E-state index is 13.6. The predicted molar refractivity (Wildman–Crippen MR) is 115 cm³/mol. The van der Waals surface area contributed by atoms with Gasteiger partial charge in [0.25, 0.3) is 0 Å². The number of aliphatic hydroxyl groups excluding tert-OH is 1. The highest BCUT2D eigenvalue weighted by atomic mass is 16.5. The summed E-state index contributed by atoms with van der Waals surface area (Å²) >= 11 is 0. The number of aromatic hydroxyl groups is 1. The van der Waals surface area contributed by atoms with Crippen molar-refractivity contribution in [1.82, 2.24) is 4.90 Å². The second-order valence-electron chi connectivity index (χ2n) is 9.34. The van der Waals surface area contributed by atoms with Crippen LogP contribution in [0.25, 0.3) is 0 Å². The highest BCUT2D eigenvalue weighted by Gasteiger charge is 2.65. The van der Waals surface area contributed by atoms with E-state index in [1.165, 1.54) is 32.2 Å². The fourth-order valence-electron chi connectivity index (χ4n) is 5.85. The first-order chi connectivity index (χ1) is 15.3. The minimum Gasteiger partial charge on any atom is -0.510 e. The highest BCUT2D eigenvalue weighted by molar-refractivity contribution is 6.25. The third kappa shape index (κ3) is 2.79. The lowest BCUT2D eigenvalue weighted by Gasteiger charge is -2.53. The molecule has 9 heteroatoms. The number of hydrogen-bond donors (Lipinski definition) is 4. The smallest absolute Gasteiger partial charge is 0.209 e. The molecule has 5 unspecified atom stereocenters. The van der Waals surface area contributed by atoms with Gasteiger partial charge in [-0.25, -0.2) is 0 Å². The molecule has 0 aliphatic heterocycles. The summed E-state index contributed by atoms with van der Waals surface area (Å²) < 4.78 is 5.47. The zero-order valence-electron chi connectivity index (χ0n) is 19.0. The molecule has 1 aromatic rings. The first kappa shape index (κ1) is 23.2. The molecule has 0 saturated carbocycles. The van der Waals surface area contributed by atoms with Crippen molar-refractivity contribution in [3.8, 4) is 5.75 Å². The zero-order valence-corrected chi connectivity index (χ0v) is 19.0. The monoisotopic (exact) mass is 457 g/mol. The lowest BCUT2D eigenvalue weighted by atomic mass is 9.55. The van der Waals surface area contributed by atoms with Gasteiger partial charge in [-0.15, -0.1) is 0 Å². The van der Waals surface area contributed by atoms with Crippen molar-refractivity contribution in [3.63, 3.8) is 0 Å². The lowest BCUT2D eigenvalue weighted by Crippen LogP contribution is -2.64. The van der Waals surface area contributed by atoms with Gasteiger partial charge in [0, 0.05) is 17.4 Å². The number of carbonyl (C=O) groups excluding carboxylic acids is 3. The topological polar surface area (TPSA) is 145 Å². The van der Waals surface area contributed by atoms with E-state index < -0.39 is 57.8 Å². The first-order valence-electron chi connectivity index (χ1n) is 10.6. The molecular formula is C24H27NO8. The van der Waals surface area contributed by atoms with Crippen LogP contribution in [0.2, 0.25) is 0 Å². The quantitative estimate of drug-likeness (QED) is 0.488. The Hall–Kier alpha value is -3.01. The maximum atomic E-state index is 13.6. The Labute approximate surface area is 190 Å².